The van der Waals surface area contributed by atoms with Gasteiger partial charge in [0.05, 0.1) is 97.7 Å². The van der Waals surface area contributed by atoms with Gasteiger partial charge in [-0.3, -0.25) is 28.5 Å². The number of aromatic nitrogens is 4. The average Bonchev–Trinajstić information content (AvgIpc) is 3.57. The summed E-state index contributed by atoms with van der Waals surface area (Å²) in [6.45, 7) is 4.46. The number of H-pyrrole nitrogens is 1. The molecule has 4 rings (SSSR count). The number of carbonyl (C=O) groups excluding carboxylic acids is 3. The van der Waals surface area contributed by atoms with E-state index in [9.17, 15) is 34.2 Å². The van der Waals surface area contributed by atoms with Crippen LogP contribution in [-0.2, 0) is 98.6 Å². The van der Waals surface area contributed by atoms with E-state index < -0.39 is 70.2 Å². The van der Waals surface area contributed by atoms with Crippen molar-refractivity contribution < 1.29 is 186 Å². The number of aliphatic hydroxyl groups is 3. The van der Waals surface area contributed by atoms with Crippen molar-refractivity contribution in [3.63, 3.8) is 0 Å². The third kappa shape index (κ3) is 37.9. The first-order valence-electron chi connectivity index (χ1n) is 20.7. The molecule has 2 aromatic heterocycles. The van der Waals surface area contributed by atoms with Gasteiger partial charge in [0.2, 0.25) is 11.9 Å². The quantitative estimate of drug-likeness (QED) is 0.00971. The zero-order chi connectivity index (χ0) is 51.9. The van der Waals surface area contributed by atoms with E-state index in [4.69, 9.17) is 73.4 Å². The Balaban J connectivity index is -0.000000346. The number of hydrogen-bond acceptors (Lipinski definition) is 23. The molecule has 0 fully saturated rings. The minimum absolute atomic E-state index is 0. The van der Waals surface area contributed by atoms with Gasteiger partial charge in [-0.15, -0.1) is 6.42 Å². The Bertz CT molecular complexity index is 2370. The zero-order valence-corrected chi connectivity index (χ0v) is 46.2. The van der Waals surface area contributed by atoms with Gasteiger partial charge >= 0.3 is 51.9 Å². The summed E-state index contributed by atoms with van der Waals surface area (Å²) in [4.78, 5) is 74.0. The van der Waals surface area contributed by atoms with Gasteiger partial charge in [0, 0.05) is 58.4 Å². The summed E-state index contributed by atoms with van der Waals surface area (Å²) in [6, 6.07) is 5.03. The molecule has 1 aliphatic heterocycles. The number of esters is 1. The van der Waals surface area contributed by atoms with Crippen LogP contribution in [0.25, 0.3) is 11.2 Å². The van der Waals surface area contributed by atoms with Crippen LogP contribution in [0.5, 0.6) is 0 Å². The number of aromatic amines is 1. The van der Waals surface area contributed by atoms with E-state index in [1.54, 1.807) is 12.1 Å². The van der Waals surface area contributed by atoms with Gasteiger partial charge in [-0.1, -0.05) is 5.92 Å². The van der Waals surface area contributed by atoms with Gasteiger partial charge in [-0.2, -0.15) is 13.4 Å². The number of cyclic esters (lactones) is 1. The van der Waals surface area contributed by atoms with Crippen molar-refractivity contribution in [1.82, 2.24) is 30.6 Å². The number of nitrogens with zero attached hydrogens (tertiary/aromatic N) is 3. The normalized spacial score (nSPS) is 12.6. The third-order valence-corrected chi connectivity index (χ3v) is 8.44. The number of nitrogens with two attached hydrogens (primary N) is 1. The minimum atomic E-state index is -4.67. The third-order valence-electron chi connectivity index (χ3n) is 8.44. The van der Waals surface area contributed by atoms with Crippen LogP contribution in [0, 0.1) is 12.3 Å². The SMILES string of the molecule is C#CCOCCOCCOCCOCCOCCOCCNC(=O)CC[C@H](NC(=O)c1ccc(NCc2cnc3nc(N)[nH]c(=O)c3n2)cc1)C(=O)O.O.O.O.O.O.O=C1O[C@H]([C@@H](O)CO)C([O-])=C1O.O=S(=O)(O)O.[Cu].[Cu].[Na+]. The van der Waals surface area contributed by atoms with Gasteiger partial charge in [0.1, 0.15) is 24.9 Å². The predicted molar refractivity (Wildman–Crippen MR) is 256 cm³/mol. The standard InChI is InChI=1S/C34H46N8O11.C6H8O6.2Cu.Na.H2O4S.5H2O/c1-2-10-48-12-14-50-16-18-52-20-21-53-19-17-51-15-13-49-11-9-36-28(43)8-7-27(33(46)47)40-31(44)24-3-5-25(6-4-24)37-22-26-23-38-30-29(39-26)32(45)42-34(35)41-30;7-1-2(8)5-3(9)4(10)6(11)12-5;;;;1-5(2,3)4;;;;;/h1,3-6,23,27,37H,7-22H2,(H,36,43)(H,40,44)(H,46,47)(H3,35,38,41,42,45);2,5,7-10H,1H2;;;;(H2,1,2,3,4);5*1H2/q;;;;+1;;;;;;/p-1/t27-;2-,5+;;;;;;;;;/m00........./s1. The maximum atomic E-state index is 12.7. The molecule has 22 N–H and O–H groups in total. The van der Waals surface area contributed by atoms with E-state index >= 15 is 0 Å². The number of anilines is 2. The second kappa shape index (κ2) is 49.3. The molecule has 3 atom stereocenters. The van der Waals surface area contributed by atoms with E-state index in [0.29, 0.717) is 77.5 Å². The smallest absolute Gasteiger partial charge is 0.870 e. The van der Waals surface area contributed by atoms with E-state index in [2.05, 4.69) is 46.5 Å². The molecule has 0 saturated heterocycles. The minimum Gasteiger partial charge on any atom is -0.870 e. The van der Waals surface area contributed by atoms with Crippen LogP contribution in [0.2, 0.25) is 0 Å². The number of benzene rings is 1. The summed E-state index contributed by atoms with van der Waals surface area (Å²) in [5.74, 6) is -3.13. The Labute approximate surface area is 488 Å². The number of nitrogens with one attached hydrogen (secondary N) is 4. The van der Waals surface area contributed by atoms with Crippen LogP contribution in [0.1, 0.15) is 28.9 Å². The second-order valence-corrected chi connectivity index (χ2v) is 14.6. The van der Waals surface area contributed by atoms with Crippen molar-refractivity contribution in [2.45, 2.75) is 37.6 Å². The number of carbonyl (C=O) groups is 4. The Morgan fingerprint density at radius 1 is 0.859 bits per heavy atom. The van der Waals surface area contributed by atoms with E-state index in [1.807, 2.05) is 0 Å². The van der Waals surface area contributed by atoms with Gasteiger partial charge in [0.25, 0.3) is 11.5 Å². The number of aliphatic carboxylic acids is 1. The molecule has 0 saturated carbocycles. The molecule has 0 unspecified atom stereocenters. The first-order chi connectivity index (χ1) is 33.3. The van der Waals surface area contributed by atoms with Crippen molar-refractivity contribution in [2.75, 3.05) is 103 Å². The predicted octanol–water partition coefficient (Wildman–Crippen LogP) is -10.7. The summed E-state index contributed by atoms with van der Waals surface area (Å²) >= 11 is 0. The molecule has 2 amide bonds. The summed E-state index contributed by atoms with van der Waals surface area (Å²) in [5, 5.41) is 54.6. The molecule has 450 valence electrons. The monoisotopic (exact) mass is 1250 g/mol. The summed E-state index contributed by atoms with van der Waals surface area (Å²) in [5.41, 5.74) is 6.54. The molecular formula is C40H65Cu2N8NaO26S. The van der Waals surface area contributed by atoms with Crippen LogP contribution in [0.3, 0.4) is 0 Å². The topological polar surface area (TPSA) is 603 Å². The molecule has 0 bridgehead atoms. The van der Waals surface area contributed by atoms with Crippen molar-refractivity contribution in [3.05, 3.63) is 63.6 Å². The molecular weight excluding hydrogens is 1190 g/mol. The molecule has 38 heteroatoms. The van der Waals surface area contributed by atoms with Gasteiger partial charge in [-0.25, -0.2) is 19.6 Å². The number of hydrogen-bond donors (Lipinski definition) is 11. The van der Waals surface area contributed by atoms with Crippen molar-refractivity contribution in [2.24, 2.45) is 0 Å². The van der Waals surface area contributed by atoms with Gasteiger partial charge < -0.3 is 108 Å². The molecule has 1 aromatic carbocycles. The van der Waals surface area contributed by atoms with Crippen LogP contribution >= 0.6 is 0 Å². The largest absolute Gasteiger partial charge is 1.00 e. The van der Waals surface area contributed by atoms with E-state index in [-0.39, 0.29) is 159 Å². The first-order valence-corrected chi connectivity index (χ1v) is 22.1. The summed E-state index contributed by atoms with van der Waals surface area (Å²) in [6.07, 6.45) is 3.37. The molecule has 78 heavy (non-hydrogen) atoms. The second-order valence-electron chi connectivity index (χ2n) is 13.7. The van der Waals surface area contributed by atoms with Gasteiger partial charge in [-0.05, 0) is 36.4 Å². The van der Waals surface area contributed by atoms with Crippen LogP contribution in [-0.4, -0.2) is 220 Å². The van der Waals surface area contributed by atoms with E-state index in [1.165, 1.54) is 18.3 Å². The zero-order valence-electron chi connectivity index (χ0n) is 41.5. The number of ether oxygens (including phenoxy) is 7. The molecule has 3 aromatic rings. The molecule has 3 heterocycles. The van der Waals surface area contributed by atoms with Crippen molar-refractivity contribution in [3.8, 4) is 12.3 Å². The fourth-order valence-electron chi connectivity index (χ4n) is 5.15. The summed E-state index contributed by atoms with van der Waals surface area (Å²) < 4.78 is 67.9. The Hall–Kier alpha value is -4.79. The van der Waals surface area contributed by atoms with Crippen molar-refractivity contribution >= 4 is 57.0 Å². The first kappa shape index (κ1) is 87.1. The number of fused-ring (bicyclic) bond motifs is 1. The maximum absolute atomic E-state index is 12.7. The fraction of sp³-hybridized carbons (Fsp3) is 0.500. The number of carboxylic acids is 1. The number of terminal acetylenes is 1. The Kier molecular flexibility index (Phi) is 55.0. The Morgan fingerprint density at radius 3 is 1.79 bits per heavy atom. The van der Waals surface area contributed by atoms with Crippen molar-refractivity contribution in [1.29, 1.82) is 0 Å². The van der Waals surface area contributed by atoms with E-state index in [0.717, 1.165) is 0 Å². The van der Waals surface area contributed by atoms with Crippen LogP contribution in [0.15, 0.2) is 46.8 Å². The number of aliphatic hydroxyl groups excluding tert-OH is 3. The van der Waals surface area contributed by atoms with Crippen LogP contribution in [0.4, 0.5) is 11.6 Å². The molecule has 2 radical (unpaired) electrons. The van der Waals surface area contributed by atoms with Gasteiger partial charge in [0.15, 0.2) is 16.9 Å². The molecule has 1 aliphatic rings. The maximum Gasteiger partial charge on any atom is 1.00 e. The average molecular weight is 1260 g/mol. The summed E-state index contributed by atoms with van der Waals surface area (Å²) in [7, 11) is -4.67. The Morgan fingerprint density at radius 2 is 1.35 bits per heavy atom. The molecule has 34 nitrogen and oxygen atoms in total. The number of rotatable bonds is 30. The number of amides is 2. The number of carboxylic acid groups (broad SMARTS) is 1. The molecule has 0 spiro atoms. The molecule has 0 aliphatic carbocycles. The fourth-order valence-corrected chi connectivity index (χ4v) is 5.15. The van der Waals surface area contributed by atoms with Crippen LogP contribution < -0.4 is 61.9 Å². The number of nitrogen functional groups attached to an aromatic ring is 1.